The standard InChI is InChI=1S/C22H20F3N3O5S/c1-31-8-9-32-18-7-6-14(22(23,24)25)10-17(18)27-19(29)12-33-21(30)13-34-20-11-26-15-4-2-3-5-16(15)28-20/h2-7,10-11H,8-9,12-13H2,1H3,(H,27,29). The highest BCUT2D eigenvalue weighted by atomic mass is 32.2. The van der Waals surface area contributed by atoms with E-state index in [0.717, 1.165) is 30.0 Å². The summed E-state index contributed by atoms with van der Waals surface area (Å²) in [6.07, 6.45) is -3.09. The average molecular weight is 495 g/mol. The van der Waals surface area contributed by atoms with Gasteiger partial charge in [0.05, 0.1) is 40.8 Å². The first-order valence-electron chi connectivity index (χ1n) is 9.89. The monoisotopic (exact) mass is 495 g/mol. The third kappa shape index (κ3) is 7.32. The van der Waals surface area contributed by atoms with Crippen LogP contribution in [-0.4, -0.2) is 54.5 Å². The number of nitrogens with zero attached hydrogens (tertiary/aromatic N) is 2. The summed E-state index contributed by atoms with van der Waals surface area (Å²) in [5.41, 5.74) is 0.218. The molecule has 0 aliphatic carbocycles. The van der Waals surface area contributed by atoms with Crippen LogP contribution >= 0.6 is 11.8 Å². The van der Waals surface area contributed by atoms with E-state index in [4.69, 9.17) is 14.2 Å². The van der Waals surface area contributed by atoms with Gasteiger partial charge in [-0.2, -0.15) is 13.2 Å². The minimum atomic E-state index is -4.61. The van der Waals surface area contributed by atoms with Gasteiger partial charge in [0, 0.05) is 7.11 Å². The zero-order valence-corrected chi connectivity index (χ0v) is 18.7. The van der Waals surface area contributed by atoms with Crippen LogP contribution in [0, 0.1) is 0 Å². The van der Waals surface area contributed by atoms with Crippen LogP contribution in [0.5, 0.6) is 5.75 Å². The fraction of sp³-hybridized carbons (Fsp3) is 0.273. The zero-order valence-electron chi connectivity index (χ0n) is 17.9. The molecule has 1 N–H and O–H groups in total. The molecule has 0 fully saturated rings. The Labute approximate surface area is 196 Å². The third-order valence-electron chi connectivity index (χ3n) is 4.25. The number of fused-ring (bicyclic) bond motifs is 1. The Kier molecular flexibility index (Phi) is 8.66. The van der Waals surface area contributed by atoms with Gasteiger partial charge < -0.3 is 19.5 Å². The van der Waals surface area contributed by atoms with Gasteiger partial charge in [0.15, 0.2) is 6.61 Å². The number of aromatic nitrogens is 2. The third-order valence-corrected chi connectivity index (χ3v) is 5.13. The second kappa shape index (κ2) is 11.7. The molecule has 0 unspecified atom stereocenters. The van der Waals surface area contributed by atoms with Crippen LogP contribution in [0.4, 0.5) is 18.9 Å². The van der Waals surface area contributed by atoms with E-state index in [0.29, 0.717) is 16.1 Å². The predicted octanol–water partition coefficient (Wildman–Crippen LogP) is 3.95. The van der Waals surface area contributed by atoms with E-state index in [1.807, 2.05) is 18.2 Å². The van der Waals surface area contributed by atoms with E-state index in [2.05, 4.69) is 15.3 Å². The molecule has 180 valence electrons. The fourth-order valence-electron chi connectivity index (χ4n) is 2.68. The maximum absolute atomic E-state index is 13.1. The highest BCUT2D eigenvalue weighted by molar-refractivity contribution is 7.99. The lowest BCUT2D eigenvalue weighted by molar-refractivity contribution is -0.144. The van der Waals surface area contributed by atoms with E-state index in [9.17, 15) is 22.8 Å². The van der Waals surface area contributed by atoms with E-state index in [1.165, 1.54) is 13.3 Å². The summed E-state index contributed by atoms with van der Waals surface area (Å²) in [6, 6.07) is 9.93. The number of halogens is 3. The normalized spacial score (nSPS) is 11.3. The molecular formula is C22H20F3N3O5S. The lowest BCUT2D eigenvalue weighted by Gasteiger charge is -2.15. The molecule has 0 saturated carbocycles. The van der Waals surface area contributed by atoms with Gasteiger partial charge in [-0.25, -0.2) is 4.98 Å². The summed E-state index contributed by atoms with van der Waals surface area (Å²) in [5.74, 6) is -1.62. The minimum Gasteiger partial charge on any atom is -0.489 e. The number of ether oxygens (including phenoxy) is 3. The SMILES string of the molecule is COCCOc1ccc(C(F)(F)F)cc1NC(=O)COC(=O)CSc1cnc2ccccc2n1. The van der Waals surface area contributed by atoms with Crippen LogP contribution in [0.3, 0.4) is 0 Å². The molecule has 3 aromatic rings. The molecule has 0 atom stereocenters. The second-order valence-electron chi connectivity index (χ2n) is 6.74. The van der Waals surface area contributed by atoms with Gasteiger partial charge in [-0.15, -0.1) is 0 Å². The summed E-state index contributed by atoms with van der Waals surface area (Å²) < 4.78 is 54.3. The maximum Gasteiger partial charge on any atom is 0.416 e. The molecule has 8 nitrogen and oxygen atoms in total. The second-order valence-corrected chi connectivity index (χ2v) is 7.74. The molecule has 0 radical (unpaired) electrons. The molecule has 1 heterocycles. The lowest BCUT2D eigenvalue weighted by atomic mass is 10.1. The molecular weight excluding hydrogens is 475 g/mol. The molecule has 0 bridgehead atoms. The number of methoxy groups -OCH3 is 1. The Bertz CT molecular complexity index is 1160. The summed E-state index contributed by atoms with van der Waals surface area (Å²) in [5, 5.41) is 2.79. The van der Waals surface area contributed by atoms with Crippen LogP contribution < -0.4 is 10.1 Å². The average Bonchev–Trinajstić information content (AvgIpc) is 2.81. The highest BCUT2D eigenvalue weighted by Crippen LogP contribution is 2.35. The molecule has 0 aliphatic rings. The van der Waals surface area contributed by atoms with E-state index in [-0.39, 0.29) is 30.4 Å². The Morgan fingerprint density at radius 1 is 1.09 bits per heavy atom. The molecule has 0 spiro atoms. The number of amides is 1. The Balaban J connectivity index is 1.54. The smallest absolute Gasteiger partial charge is 0.416 e. The predicted molar refractivity (Wildman–Crippen MR) is 119 cm³/mol. The number of anilines is 1. The van der Waals surface area contributed by atoms with Crippen LogP contribution in [0.1, 0.15) is 5.56 Å². The molecule has 2 aromatic carbocycles. The number of carbonyl (C=O) groups is 2. The van der Waals surface area contributed by atoms with E-state index in [1.54, 1.807) is 6.07 Å². The van der Waals surface area contributed by atoms with Gasteiger partial charge in [-0.3, -0.25) is 14.6 Å². The van der Waals surface area contributed by atoms with Crippen LogP contribution in [0.25, 0.3) is 11.0 Å². The van der Waals surface area contributed by atoms with Crippen molar-refractivity contribution in [1.82, 2.24) is 9.97 Å². The largest absolute Gasteiger partial charge is 0.489 e. The van der Waals surface area contributed by atoms with Crippen LogP contribution in [0.15, 0.2) is 53.7 Å². The van der Waals surface area contributed by atoms with Gasteiger partial charge in [-0.05, 0) is 30.3 Å². The summed E-state index contributed by atoms with van der Waals surface area (Å²) >= 11 is 1.08. The van der Waals surface area contributed by atoms with Crippen LogP contribution in [-0.2, 0) is 25.2 Å². The topological polar surface area (TPSA) is 99.6 Å². The number of hydrogen-bond acceptors (Lipinski definition) is 8. The summed E-state index contributed by atoms with van der Waals surface area (Å²) in [4.78, 5) is 32.8. The van der Waals surface area contributed by atoms with Gasteiger partial charge >= 0.3 is 12.1 Å². The van der Waals surface area contributed by atoms with E-state index < -0.39 is 30.2 Å². The van der Waals surface area contributed by atoms with Gasteiger partial charge in [-0.1, -0.05) is 23.9 Å². The van der Waals surface area contributed by atoms with Crippen molar-refractivity contribution in [2.24, 2.45) is 0 Å². The number of rotatable bonds is 10. The zero-order chi connectivity index (χ0) is 24.6. The first kappa shape index (κ1) is 25.2. The molecule has 0 saturated heterocycles. The van der Waals surface area contributed by atoms with Crippen molar-refractivity contribution in [2.75, 3.05) is 38.0 Å². The number of nitrogens with one attached hydrogen (secondary N) is 1. The van der Waals surface area contributed by atoms with Crippen molar-refractivity contribution in [3.63, 3.8) is 0 Å². The first-order valence-corrected chi connectivity index (χ1v) is 10.9. The maximum atomic E-state index is 13.1. The number of thioether (sulfide) groups is 1. The number of esters is 1. The van der Waals surface area contributed by atoms with Crippen molar-refractivity contribution < 1.29 is 37.0 Å². The van der Waals surface area contributed by atoms with Crippen molar-refractivity contribution in [1.29, 1.82) is 0 Å². The number of hydrogen-bond donors (Lipinski definition) is 1. The molecule has 0 aliphatic heterocycles. The molecule has 12 heteroatoms. The Hall–Kier alpha value is -3.38. The number of carbonyl (C=O) groups excluding carboxylic acids is 2. The van der Waals surface area contributed by atoms with Crippen molar-refractivity contribution in [3.8, 4) is 5.75 Å². The van der Waals surface area contributed by atoms with Gasteiger partial charge in [0.2, 0.25) is 0 Å². The number of alkyl halides is 3. The van der Waals surface area contributed by atoms with Gasteiger partial charge in [0.1, 0.15) is 17.4 Å². The molecule has 3 rings (SSSR count). The van der Waals surface area contributed by atoms with Gasteiger partial charge in [0.25, 0.3) is 5.91 Å². The summed E-state index contributed by atoms with van der Waals surface area (Å²) in [6.45, 7) is -0.420. The minimum absolute atomic E-state index is 0.0233. The molecule has 1 aromatic heterocycles. The van der Waals surface area contributed by atoms with E-state index >= 15 is 0 Å². The number of benzene rings is 2. The Morgan fingerprint density at radius 2 is 1.85 bits per heavy atom. The van der Waals surface area contributed by atoms with Crippen molar-refractivity contribution in [2.45, 2.75) is 11.2 Å². The lowest BCUT2D eigenvalue weighted by Crippen LogP contribution is -2.22. The van der Waals surface area contributed by atoms with Crippen LogP contribution in [0.2, 0.25) is 0 Å². The quantitative estimate of drug-likeness (QED) is 0.257. The highest BCUT2D eigenvalue weighted by Gasteiger charge is 2.31. The number of para-hydroxylation sites is 2. The van der Waals surface area contributed by atoms with Crippen molar-refractivity contribution >= 4 is 40.4 Å². The van der Waals surface area contributed by atoms with Crippen molar-refractivity contribution in [3.05, 3.63) is 54.2 Å². The summed E-state index contributed by atoms with van der Waals surface area (Å²) in [7, 11) is 1.44. The Morgan fingerprint density at radius 3 is 2.59 bits per heavy atom. The first-order chi connectivity index (χ1) is 16.3. The fourth-order valence-corrected chi connectivity index (χ4v) is 3.32. The molecule has 1 amide bonds. The molecule has 34 heavy (non-hydrogen) atoms.